The molecule has 2 atom stereocenters. The van der Waals surface area contributed by atoms with Crippen LogP contribution in [0.15, 0.2) is 36.7 Å². The number of aryl methyl sites for hydroxylation is 2. The Morgan fingerprint density at radius 2 is 2.00 bits per heavy atom. The smallest absolute Gasteiger partial charge is 0.306 e. The van der Waals surface area contributed by atoms with Crippen molar-refractivity contribution in [3.63, 3.8) is 0 Å². The summed E-state index contributed by atoms with van der Waals surface area (Å²) in [7, 11) is 1.47. The minimum atomic E-state index is -0.823. The van der Waals surface area contributed by atoms with Crippen molar-refractivity contribution in [2.75, 3.05) is 7.11 Å². The van der Waals surface area contributed by atoms with Crippen LogP contribution in [0.2, 0.25) is 0 Å². The molecule has 0 amide bonds. The van der Waals surface area contributed by atoms with E-state index in [1.54, 1.807) is 6.92 Å². The van der Waals surface area contributed by atoms with Crippen molar-refractivity contribution in [2.24, 2.45) is 5.92 Å². The summed E-state index contributed by atoms with van der Waals surface area (Å²) >= 11 is 0. The van der Waals surface area contributed by atoms with Crippen molar-refractivity contribution >= 4 is 5.97 Å². The van der Waals surface area contributed by atoms with Crippen LogP contribution in [0.3, 0.4) is 0 Å². The number of hydrogen-bond donors (Lipinski definition) is 1. The Labute approximate surface area is 204 Å². The minimum absolute atomic E-state index is 0.270. The van der Waals surface area contributed by atoms with E-state index in [2.05, 4.69) is 15.0 Å². The maximum atomic E-state index is 14.3. The summed E-state index contributed by atoms with van der Waals surface area (Å²) in [6.45, 7) is 3.51. The zero-order valence-electron chi connectivity index (χ0n) is 20.3. The second-order valence-electron chi connectivity index (χ2n) is 9.02. The van der Waals surface area contributed by atoms with Crippen molar-refractivity contribution < 1.29 is 23.8 Å². The zero-order valence-corrected chi connectivity index (χ0v) is 20.3. The molecule has 1 saturated carbocycles. The van der Waals surface area contributed by atoms with Crippen LogP contribution < -0.4 is 9.47 Å². The molecule has 3 aromatic rings. The molecule has 0 bridgehead atoms. The van der Waals surface area contributed by atoms with Gasteiger partial charge in [0.25, 0.3) is 0 Å². The molecule has 5 rings (SSSR count). The van der Waals surface area contributed by atoms with Gasteiger partial charge in [0.15, 0.2) is 5.82 Å². The van der Waals surface area contributed by atoms with Crippen molar-refractivity contribution in [1.29, 1.82) is 0 Å². The van der Waals surface area contributed by atoms with Crippen LogP contribution in [0.1, 0.15) is 61.2 Å². The standard InChI is InChI=1S/C24H24FN3O4.C3H6/c1-13(24(29)30)8-15-4-5-16-6-7-20(32-21(16)9-15)23-14(2)28-19(12-27-23)17-10-22(31-3)26-11-18(17)25;1-2-3-1/h4-5,9-13,20H,6-8H2,1-3H3,(H,29,30);1-3H2. The first kappa shape index (κ1) is 24.6. The van der Waals surface area contributed by atoms with Crippen molar-refractivity contribution in [1.82, 2.24) is 15.0 Å². The Balaban J connectivity index is 0.000000894. The van der Waals surface area contributed by atoms with Gasteiger partial charge in [-0.2, -0.15) is 0 Å². The van der Waals surface area contributed by atoms with Crippen LogP contribution in [-0.4, -0.2) is 33.1 Å². The Bertz CT molecular complexity index is 1210. The summed E-state index contributed by atoms with van der Waals surface area (Å²) in [6.07, 6.45) is 8.84. The fourth-order valence-corrected chi connectivity index (χ4v) is 3.84. The Hall–Kier alpha value is -3.55. The van der Waals surface area contributed by atoms with Crippen LogP contribution in [0, 0.1) is 18.7 Å². The number of halogens is 1. The molecule has 3 heterocycles. The first-order valence-electron chi connectivity index (χ1n) is 11.9. The summed E-state index contributed by atoms with van der Waals surface area (Å²) < 4.78 is 25.6. The number of nitrogens with zero attached hydrogens (tertiary/aromatic N) is 3. The van der Waals surface area contributed by atoms with E-state index >= 15 is 0 Å². The molecule has 2 unspecified atom stereocenters. The maximum Gasteiger partial charge on any atom is 0.306 e. The molecule has 35 heavy (non-hydrogen) atoms. The number of aromatic nitrogens is 3. The molecule has 1 fully saturated rings. The number of benzene rings is 1. The lowest BCUT2D eigenvalue weighted by Gasteiger charge is -2.27. The number of pyridine rings is 1. The number of rotatable bonds is 6. The second kappa shape index (κ2) is 10.8. The van der Waals surface area contributed by atoms with Gasteiger partial charge in [-0.1, -0.05) is 38.3 Å². The Morgan fingerprint density at radius 3 is 2.66 bits per heavy atom. The van der Waals surface area contributed by atoms with Gasteiger partial charge in [0, 0.05) is 11.6 Å². The highest BCUT2D eigenvalue weighted by Gasteiger charge is 2.26. The average molecular weight is 480 g/mol. The SMILES string of the molecule is C1CC1.COc1cc(-c2cnc(C3CCc4ccc(CC(C)C(=O)O)cc4O3)c(C)n2)c(F)cn1. The van der Waals surface area contributed by atoms with Gasteiger partial charge in [-0.3, -0.25) is 9.78 Å². The van der Waals surface area contributed by atoms with Crippen LogP contribution in [0.4, 0.5) is 4.39 Å². The number of aliphatic carboxylic acids is 1. The number of fused-ring (bicyclic) bond motifs is 1. The van der Waals surface area contributed by atoms with E-state index in [-0.39, 0.29) is 11.7 Å². The molecule has 0 saturated heterocycles. The number of ether oxygens (including phenoxy) is 2. The molecule has 1 aliphatic carbocycles. The lowest BCUT2D eigenvalue weighted by molar-refractivity contribution is -0.141. The fourth-order valence-electron chi connectivity index (χ4n) is 3.84. The van der Waals surface area contributed by atoms with Gasteiger partial charge < -0.3 is 14.6 Å². The highest BCUT2D eigenvalue weighted by molar-refractivity contribution is 5.70. The molecule has 1 aromatic carbocycles. The molecule has 184 valence electrons. The zero-order chi connectivity index (χ0) is 24.9. The highest BCUT2D eigenvalue weighted by Crippen LogP contribution is 2.36. The summed E-state index contributed by atoms with van der Waals surface area (Å²) in [4.78, 5) is 24.1. The van der Waals surface area contributed by atoms with Crippen LogP contribution in [-0.2, 0) is 17.6 Å². The molecule has 2 aromatic heterocycles. The van der Waals surface area contributed by atoms with Crippen LogP contribution in [0.25, 0.3) is 11.3 Å². The number of hydrogen-bond acceptors (Lipinski definition) is 6. The van der Waals surface area contributed by atoms with E-state index in [1.165, 1.54) is 38.6 Å². The highest BCUT2D eigenvalue weighted by atomic mass is 19.1. The predicted molar refractivity (Wildman–Crippen MR) is 129 cm³/mol. The molecule has 2 aliphatic rings. The van der Waals surface area contributed by atoms with Gasteiger partial charge in [-0.15, -0.1) is 0 Å². The van der Waals surface area contributed by atoms with Crippen molar-refractivity contribution in [2.45, 2.75) is 58.5 Å². The first-order chi connectivity index (χ1) is 16.9. The lowest BCUT2D eigenvalue weighted by atomic mass is 9.95. The van der Waals surface area contributed by atoms with Gasteiger partial charge in [0.2, 0.25) is 5.88 Å². The van der Waals surface area contributed by atoms with E-state index in [1.807, 2.05) is 25.1 Å². The number of methoxy groups -OCH3 is 1. The quantitative estimate of drug-likeness (QED) is 0.499. The van der Waals surface area contributed by atoms with Crippen LogP contribution >= 0.6 is 0 Å². The topological polar surface area (TPSA) is 94.4 Å². The molecule has 1 aliphatic heterocycles. The molecule has 7 nitrogen and oxygen atoms in total. The van der Waals surface area contributed by atoms with Crippen LogP contribution in [0.5, 0.6) is 11.6 Å². The second-order valence-corrected chi connectivity index (χ2v) is 9.02. The van der Waals surface area contributed by atoms with E-state index < -0.39 is 17.7 Å². The summed E-state index contributed by atoms with van der Waals surface area (Å²) in [5.41, 5.74) is 4.02. The van der Waals surface area contributed by atoms with Crippen molar-refractivity contribution in [3.05, 3.63) is 65.0 Å². The van der Waals surface area contributed by atoms with Gasteiger partial charge in [0.05, 0.1) is 36.8 Å². The summed E-state index contributed by atoms with van der Waals surface area (Å²) in [5.74, 6) is -0.758. The molecule has 0 radical (unpaired) electrons. The Morgan fingerprint density at radius 1 is 1.23 bits per heavy atom. The first-order valence-corrected chi connectivity index (χ1v) is 11.9. The van der Waals surface area contributed by atoms with Gasteiger partial charge in [0.1, 0.15) is 17.5 Å². The fraction of sp³-hybridized carbons (Fsp3) is 0.407. The van der Waals surface area contributed by atoms with Gasteiger partial charge in [-0.05, 0) is 43.4 Å². The number of carbonyl (C=O) groups is 1. The maximum absolute atomic E-state index is 14.3. The number of carboxylic acids is 1. The number of carboxylic acid groups (broad SMARTS) is 1. The molecular weight excluding hydrogens is 449 g/mol. The van der Waals surface area contributed by atoms with E-state index in [0.717, 1.165) is 35.9 Å². The molecule has 1 N–H and O–H groups in total. The predicted octanol–water partition coefficient (Wildman–Crippen LogP) is 5.49. The third-order valence-electron chi connectivity index (χ3n) is 6.00. The molecule has 0 spiro atoms. The third kappa shape index (κ3) is 6.12. The largest absolute Gasteiger partial charge is 0.484 e. The van der Waals surface area contributed by atoms with Gasteiger partial charge >= 0.3 is 5.97 Å². The summed E-state index contributed by atoms with van der Waals surface area (Å²) in [5, 5.41) is 9.17. The van der Waals surface area contributed by atoms with E-state index in [9.17, 15) is 14.3 Å². The van der Waals surface area contributed by atoms with E-state index in [4.69, 9.17) is 9.47 Å². The van der Waals surface area contributed by atoms with E-state index in [0.29, 0.717) is 29.4 Å². The monoisotopic (exact) mass is 479 g/mol. The molecule has 8 heteroatoms. The molecular formula is C27H30FN3O4. The Kier molecular flexibility index (Phi) is 7.58. The minimum Gasteiger partial charge on any atom is -0.484 e. The third-order valence-corrected chi connectivity index (χ3v) is 6.00. The average Bonchev–Trinajstić information content (AvgIpc) is 3.73. The summed E-state index contributed by atoms with van der Waals surface area (Å²) in [6, 6.07) is 7.36. The van der Waals surface area contributed by atoms with Gasteiger partial charge in [-0.25, -0.2) is 14.4 Å². The van der Waals surface area contributed by atoms with Crippen molar-refractivity contribution in [3.8, 4) is 22.9 Å². The normalized spacial score (nSPS) is 16.7. The lowest BCUT2D eigenvalue weighted by Crippen LogP contribution is -2.19.